The van der Waals surface area contributed by atoms with Crippen LogP contribution in [0.2, 0.25) is 10.0 Å². The molecule has 0 atom stereocenters. The van der Waals surface area contributed by atoms with Crippen molar-refractivity contribution < 1.29 is 4.79 Å². The average molecular weight is 297 g/mol. The highest BCUT2D eigenvalue weighted by Gasteiger charge is 2.14. The lowest BCUT2D eigenvalue weighted by molar-refractivity contribution is 0.0828. The van der Waals surface area contributed by atoms with Gasteiger partial charge in [-0.2, -0.15) is 0 Å². The molecule has 0 aliphatic rings. The molecule has 1 rings (SSSR count). The van der Waals surface area contributed by atoms with Crippen molar-refractivity contribution in [2.45, 2.75) is 0 Å². The maximum atomic E-state index is 11.6. The number of amides is 1. The van der Waals surface area contributed by atoms with Gasteiger partial charge < -0.3 is 4.90 Å². The van der Waals surface area contributed by atoms with Gasteiger partial charge in [-0.05, 0) is 28.1 Å². The molecule has 0 heterocycles. The number of rotatable bonds is 1. The quantitative estimate of drug-likeness (QED) is 0.727. The Hall–Kier alpha value is -0.250. The van der Waals surface area contributed by atoms with E-state index in [9.17, 15) is 4.79 Å². The highest BCUT2D eigenvalue weighted by Crippen LogP contribution is 2.29. The summed E-state index contributed by atoms with van der Waals surface area (Å²) >= 11 is 15.0. The number of carbonyl (C=O) groups excluding carboxylic acids is 1. The first-order valence-corrected chi connectivity index (χ1v) is 5.34. The first-order valence-electron chi connectivity index (χ1n) is 3.79. The second-order valence-corrected chi connectivity index (χ2v) is 4.61. The van der Waals surface area contributed by atoms with Crippen LogP contribution in [0, 0.1) is 0 Å². The zero-order valence-electron chi connectivity index (χ0n) is 7.64. The zero-order chi connectivity index (χ0) is 10.9. The van der Waals surface area contributed by atoms with Gasteiger partial charge in [-0.15, -0.1) is 0 Å². The lowest BCUT2D eigenvalue weighted by atomic mass is 10.2. The summed E-state index contributed by atoms with van der Waals surface area (Å²) < 4.78 is 0.680. The molecular formula is C9H8BrCl2NO. The lowest BCUT2D eigenvalue weighted by Gasteiger charge is -2.12. The van der Waals surface area contributed by atoms with Gasteiger partial charge in [0.25, 0.3) is 5.91 Å². The predicted octanol–water partition coefficient (Wildman–Crippen LogP) is 3.46. The number of hydrogen-bond acceptors (Lipinski definition) is 1. The minimum atomic E-state index is -0.163. The second-order valence-electron chi connectivity index (χ2n) is 2.95. The second kappa shape index (κ2) is 4.51. The molecule has 76 valence electrons. The van der Waals surface area contributed by atoms with Crippen molar-refractivity contribution in [3.05, 3.63) is 32.2 Å². The van der Waals surface area contributed by atoms with Gasteiger partial charge in [0.05, 0.1) is 15.6 Å². The molecule has 0 N–H and O–H groups in total. The van der Waals surface area contributed by atoms with Gasteiger partial charge in [-0.1, -0.05) is 23.2 Å². The summed E-state index contributed by atoms with van der Waals surface area (Å²) in [5.41, 5.74) is 0.407. The smallest absolute Gasteiger partial charge is 0.254 e. The van der Waals surface area contributed by atoms with E-state index in [1.807, 2.05) is 0 Å². The van der Waals surface area contributed by atoms with E-state index in [2.05, 4.69) is 15.9 Å². The van der Waals surface area contributed by atoms with E-state index >= 15 is 0 Å². The topological polar surface area (TPSA) is 20.3 Å². The highest BCUT2D eigenvalue weighted by atomic mass is 79.9. The molecule has 0 radical (unpaired) electrons. The van der Waals surface area contributed by atoms with Gasteiger partial charge in [-0.3, -0.25) is 4.79 Å². The van der Waals surface area contributed by atoms with E-state index in [4.69, 9.17) is 23.2 Å². The highest BCUT2D eigenvalue weighted by molar-refractivity contribution is 9.10. The van der Waals surface area contributed by atoms with E-state index in [-0.39, 0.29) is 5.91 Å². The third-order valence-electron chi connectivity index (χ3n) is 1.65. The van der Waals surface area contributed by atoms with Crippen LogP contribution < -0.4 is 0 Å². The molecule has 0 saturated heterocycles. The number of hydrogen-bond donors (Lipinski definition) is 0. The molecule has 0 spiro atoms. The number of carbonyl (C=O) groups is 1. The molecule has 0 aliphatic heterocycles. The van der Waals surface area contributed by atoms with Crippen molar-refractivity contribution in [2.75, 3.05) is 14.1 Å². The van der Waals surface area contributed by atoms with Crippen LogP contribution in [-0.4, -0.2) is 24.9 Å². The van der Waals surface area contributed by atoms with Gasteiger partial charge in [0.2, 0.25) is 0 Å². The summed E-state index contributed by atoms with van der Waals surface area (Å²) in [4.78, 5) is 13.0. The molecule has 1 amide bonds. The molecule has 0 aromatic heterocycles. The standard InChI is InChI=1S/C9H8BrCl2NO/c1-13(2)9(14)5-3-8(12)6(10)4-7(5)11/h3-4H,1-2H3. The minimum Gasteiger partial charge on any atom is -0.345 e. The molecule has 0 bridgehead atoms. The van der Waals surface area contributed by atoms with E-state index < -0.39 is 0 Å². The Bertz CT molecular complexity index is 379. The van der Waals surface area contributed by atoms with Gasteiger partial charge in [0.1, 0.15) is 0 Å². The Morgan fingerprint density at radius 1 is 1.29 bits per heavy atom. The normalized spacial score (nSPS) is 10.1. The summed E-state index contributed by atoms with van der Waals surface area (Å²) in [6.07, 6.45) is 0. The number of benzene rings is 1. The van der Waals surface area contributed by atoms with E-state index in [1.165, 1.54) is 4.90 Å². The van der Waals surface area contributed by atoms with Gasteiger partial charge in [0.15, 0.2) is 0 Å². The van der Waals surface area contributed by atoms with Crippen LogP contribution in [0.5, 0.6) is 0 Å². The minimum absolute atomic E-state index is 0.163. The zero-order valence-corrected chi connectivity index (χ0v) is 10.7. The summed E-state index contributed by atoms with van der Waals surface area (Å²) in [6.45, 7) is 0. The Balaban J connectivity index is 3.22. The van der Waals surface area contributed by atoms with Gasteiger partial charge in [0, 0.05) is 18.6 Å². The fraction of sp³-hybridized carbons (Fsp3) is 0.222. The molecule has 0 aliphatic carbocycles. The summed E-state index contributed by atoms with van der Waals surface area (Å²) in [5.74, 6) is -0.163. The Kier molecular flexibility index (Phi) is 3.81. The van der Waals surface area contributed by atoms with Crippen molar-refractivity contribution in [3.63, 3.8) is 0 Å². The molecule has 1 aromatic rings. The number of halogens is 3. The SMILES string of the molecule is CN(C)C(=O)c1cc(Cl)c(Br)cc1Cl. The largest absolute Gasteiger partial charge is 0.345 e. The van der Waals surface area contributed by atoms with Crippen LogP contribution in [-0.2, 0) is 0 Å². The molecule has 0 unspecified atom stereocenters. The van der Waals surface area contributed by atoms with Crippen molar-refractivity contribution in [1.82, 2.24) is 4.90 Å². The van der Waals surface area contributed by atoms with Crippen LogP contribution >= 0.6 is 39.1 Å². The molecule has 2 nitrogen and oxygen atoms in total. The van der Waals surface area contributed by atoms with Crippen molar-refractivity contribution in [3.8, 4) is 0 Å². The third-order valence-corrected chi connectivity index (χ3v) is 3.16. The van der Waals surface area contributed by atoms with Crippen LogP contribution in [0.3, 0.4) is 0 Å². The monoisotopic (exact) mass is 295 g/mol. The van der Waals surface area contributed by atoms with E-state index in [0.29, 0.717) is 20.1 Å². The molecule has 14 heavy (non-hydrogen) atoms. The summed E-state index contributed by atoms with van der Waals surface area (Å²) in [6, 6.07) is 3.16. The Morgan fingerprint density at radius 2 is 1.86 bits per heavy atom. The first kappa shape index (κ1) is 11.8. The number of nitrogens with zero attached hydrogens (tertiary/aromatic N) is 1. The van der Waals surface area contributed by atoms with E-state index in [0.717, 1.165) is 0 Å². The molecular weight excluding hydrogens is 289 g/mol. The van der Waals surface area contributed by atoms with Crippen LogP contribution in [0.25, 0.3) is 0 Å². The fourth-order valence-electron chi connectivity index (χ4n) is 0.927. The maximum absolute atomic E-state index is 11.6. The Morgan fingerprint density at radius 3 is 2.36 bits per heavy atom. The van der Waals surface area contributed by atoms with Crippen molar-refractivity contribution in [1.29, 1.82) is 0 Å². The predicted molar refractivity (Wildman–Crippen MR) is 62.2 cm³/mol. The fourth-order valence-corrected chi connectivity index (χ4v) is 1.81. The van der Waals surface area contributed by atoms with Gasteiger partial charge >= 0.3 is 0 Å². The van der Waals surface area contributed by atoms with Crippen molar-refractivity contribution >= 4 is 45.0 Å². The molecule has 0 saturated carbocycles. The molecule has 0 fully saturated rings. The average Bonchev–Trinajstić information content (AvgIpc) is 2.10. The summed E-state index contributed by atoms with van der Waals surface area (Å²) in [5, 5.41) is 0.861. The van der Waals surface area contributed by atoms with Gasteiger partial charge in [-0.25, -0.2) is 0 Å². The van der Waals surface area contributed by atoms with Crippen LogP contribution in [0.15, 0.2) is 16.6 Å². The maximum Gasteiger partial charge on any atom is 0.254 e. The van der Waals surface area contributed by atoms with Crippen molar-refractivity contribution in [2.24, 2.45) is 0 Å². The summed E-state index contributed by atoms with van der Waals surface area (Å²) in [7, 11) is 3.32. The lowest BCUT2D eigenvalue weighted by Crippen LogP contribution is -2.22. The van der Waals surface area contributed by atoms with E-state index in [1.54, 1.807) is 26.2 Å². The first-order chi connectivity index (χ1) is 6.43. The van der Waals surface area contributed by atoms with Crippen LogP contribution in [0.4, 0.5) is 0 Å². The Labute approximate surface area is 101 Å². The molecule has 1 aromatic carbocycles. The molecule has 5 heteroatoms. The van der Waals surface area contributed by atoms with Crippen LogP contribution in [0.1, 0.15) is 10.4 Å². The third kappa shape index (κ3) is 2.41.